The Bertz CT molecular complexity index is 695. The summed E-state index contributed by atoms with van der Waals surface area (Å²) in [7, 11) is 0. The number of aliphatic imine (C=N–C) groups is 1. The van der Waals surface area contributed by atoms with Crippen LogP contribution in [0.2, 0.25) is 0 Å². The number of amides is 3. The van der Waals surface area contributed by atoms with E-state index in [4.69, 9.17) is 32.5 Å². The molecule has 4 unspecified atom stereocenters. The number of hydrogen-bond acceptors (Lipinski definition) is 8. The first-order valence-electron chi connectivity index (χ1n) is 9.16. The number of carbonyl (C=O) groups is 5. The van der Waals surface area contributed by atoms with Crippen molar-refractivity contribution in [2.45, 2.75) is 50.4 Å². The van der Waals surface area contributed by atoms with E-state index in [0.29, 0.717) is 6.42 Å². The molecule has 0 bridgehead atoms. The Morgan fingerprint density at radius 2 is 1.52 bits per heavy atom. The van der Waals surface area contributed by atoms with Gasteiger partial charge in [0.15, 0.2) is 5.96 Å². The molecule has 12 N–H and O–H groups in total. The summed E-state index contributed by atoms with van der Waals surface area (Å²) in [5.74, 6) is -5.80. The molecule has 0 radical (unpaired) electrons. The van der Waals surface area contributed by atoms with Gasteiger partial charge in [0, 0.05) is 6.54 Å². The van der Waals surface area contributed by atoms with Gasteiger partial charge in [-0.05, 0) is 19.8 Å². The fourth-order valence-electron chi connectivity index (χ4n) is 2.17. The van der Waals surface area contributed by atoms with E-state index in [-0.39, 0.29) is 18.9 Å². The van der Waals surface area contributed by atoms with Gasteiger partial charge in [0.2, 0.25) is 17.7 Å². The monoisotopic (exact) mass is 447 g/mol. The van der Waals surface area contributed by atoms with E-state index in [1.165, 1.54) is 6.92 Å². The van der Waals surface area contributed by atoms with Gasteiger partial charge in [-0.1, -0.05) is 0 Å². The van der Waals surface area contributed by atoms with Crippen molar-refractivity contribution in [1.29, 1.82) is 0 Å². The van der Waals surface area contributed by atoms with E-state index in [2.05, 4.69) is 15.6 Å². The lowest BCUT2D eigenvalue weighted by Crippen LogP contribution is -2.57. The third-order valence-corrected chi connectivity index (χ3v) is 3.87. The summed E-state index contributed by atoms with van der Waals surface area (Å²) in [5.41, 5.74) is 16.1. The zero-order valence-corrected chi connectivity index (χ0v) is 16.9. The molecule has 0 aliphatic rings. The topological polar surface area (TPSA) is 273 Å². The number of rotatable bonds is 14. The van der Waals surface area contributed by atoms with Crippen LogP contribution in [-0.2, 0) is 24.0 Å². The third-order valence-electron chi connectivity index (χ3n) is 3.87. The standard InChI is InChI=1S/C16H29N7O8/c1-7(21-13(28)8(17)3-2-4-20-16(18)19)12(27)22-9(5-11(25)26)14(29)23-10(6-24)15(30)31/h7-10,24H,2-6,17H2,1H3,(H,21,28)(H,22,27)(H,23,29)(H,25,26)(H,30,31)(H4,18,19,20). The number of nitrogens with zero attached hydrogens (tertiary/aromatic N) is 1. The number of aliphatic hydroxyl groups is 1. The molecule has 0 aromatic carbocycles. The van der Waals surface area contributed by atoms with Crippen LogP contribution in [-0.4, -0.2) is 88.3 Å². The van der Waals surface area contributed by atoms with Crippen molar-refractivity contribution in [3.8, 4) is 0 Å². The fraction of sp³-hybridized carbons (Fsp3) is 0.625. The zero-order chi connectivity index (χ0) is 24.1. The number of carboxylic acids is 2. The lowest BCUT2D eigenvalue weighted by molar-refractivity contribution is -0.144. The smallest absolute Gasteiger partial charge is 0.328 e. The van der Waals surface area contributed by atoms with Gasteiger partial charge >= 0.3 is 11.9 Å². The van der Waals surface area contributed by atoms with Crippen molar-refractivity contribution < 1.29 is 39.3 Å². The van der Waals surface area contributed by atoms with Crippen LogP contribution in [0.4, 0.5) is 0 Å². The highest BCUT2D eigenvalue weighted by Crippen LogP contribution is 1.99. The number of aliphatic hydroxyl groups excluding tert-OH is 1. The predicted octanol–water partition coefficient (Wildman–Crippen LogP) is -4.61. The first kappa shape index (κ1) is 27.5. The molecule has 176 valence electrons. The number of aliphatic carboxylic acids is 2. The molecule has 0 saturated carbocycles. The Hall–Kier alpha value is -3.46. The Morgan fingerprint density at radius 1 is 0.935 bits per heavy atom. The SMILES string of the molecule is CC(NC(=O)C(N)CCCN=C(N)N)C(=O)NC(CC(=O)O)C(=O)NC(CO)C(=O)O. The molecule has 0 aliphatic heterocycles. The molecule has 0 aromatic rings. The van der Waals surface area contributed by atoms with Gasteiger partial charge in [-0.3, -0.25) is 24.2 Å². The fourth-order valence-corrected chi connectivity index (χ4v) is 2.17. The lowest BCUT2D eigenvalue weighted by atomic mass is 10.1. The van der Waals surface area contributed by atoms with Crippen molar-refractivity contribution >= 4 is 35.6 Å². The van der Waals surface area contributed by atoms with Crippen LogP contribution >= 0.6 is 0 Å². The van der Waals surface area contributed by atoms with E-state index < -0.39 is 66.9 Å². The summed E-state index contributed by atoms with van der Waals surface area (Å²) >= 11 is 0. The number of hydrogen-bond donors (Lipinski definition) is 9. The molecule has 4 atom stereocenters. The van der Waals surface area contributed by atoms with Crippen molar-refractivity contribution in [3.05, 3.63) is 0 Å². The van der Waals surface area contributed by atoms with E-state index in [9.17, 15) is 24.0 Å². The Labute approximate surface area is 177 Å². The normalized spacial score (nSPS) is 14.3. The molecule has 0 aliphatic carbocycles. The quantitative estimate of drug-likeness (QED) is 0.0693. The van der Waals surface area contributed by atoms with E-state index in [1.807, 2.05) is 5.32 Å². The number of carboxylic acid groups (broad SMARTS) is 2. The maximum Gasteiger partial charge on any atom is 0.328 e. The molecule has 15 heteroatoms. The van der Waals surface area contributed by atoms with Crippen molar-refractivity contribution in [1.82, 2.24) is 16.0 Å². The molecule has 31 heavy (non-hydrogen) atoms. The van der Waals surface area contributed by atoms with Crippen molar-refractivity contribution in [3.63, 3.8) is 0 Å². The molecule has 15 nitrogen and oxygen atoms in total. The van der Waals surface area contributed by atoms with Crippen LogP contribution < -0.4 is 33.2 Å². The summed E-state index contributed by atoms with van der Waals surface area (Å²) in [6.07, 6.45) is -0.234. The van der Waals surface area contributed by atoms with Crippen LogP contribution in [0.1, 0.15) is 26.2 Å². The van der Waals surface area contributed by atoms with Crippen LogP contribution in [0.5, 0.6) is 0 Å². The first-order valence-corrected chi connectivity index (χ1v) is 9.16. The van der Waals surface area contributed by atoms with Gasteiger partial charge in [-0.2, -0.15) is 0 Å². The van der Waals surface area contributed by atoms with Gasteiger partial charge in [0.25, 0.3) is 0 Å². The summed E-state index contributed by atoms with van der Waals surface area (Å²) < 4.78 is 0. The molecule has 0 rings (SSSR count). The highest BCUT2D eigenvalue weighted by atomic mass is 16.4. The summed E-state index contributed by atoms with van der Waals surface area (Å²) in [6.45, 7) is 0.599. The number of guanidine groups is 1. The average molecular weight is 447 g/mol. The maximum atomic E-state index is 12.3. The summed E-state index contributed by atoms with van der Waals surface area (Å²) in [6, 6.07) is -5.49. The van der Waals surface area contributed by atoms with Crippen LogP contribution in [0, 0.1) is 0 Å². The molecular formula is C16H29N7O8. The van der Waals surface area contributed by atoms with Gasteiger partial charge in [0.05, 0.1) is 19.1 Å². The highest BCUT2D eigenvalue weighted by molar-refractivity contribution is 5.95. The van der Waals surface area contributed by atoms with Crippen LogP contribution in [0.15, 0.2) is 4.99 Å². The van der Waals surface area contributed by atoms with Gasteiger partial charge in [0.1, 0.15) is 18.1 Å². The molecule has 0 spiro atoms. The molecule has 0 saturated heterocycles. The third kappa shape index (κ3) is 11.3. The number of nitrogens with one attached hydrogen (secondary N) is 3. The summed E-state index contributed by atoms with van der Waals surface area (Å²) in [5, 5.41) is 33.1. The van der Waals surface area contributed by atoms with E-state index in [0.717, 1.165) is 0 Å². The van der Waals surface area contributed by atoms with Gasteiger partial charge in [-0.25, -0.2) is 4.79 Å². The Balaban J connectivity index is 4.88. The van der Waals surface area contributed by atoms with E-state index in [1.54, 1.807) is 0 Å². The first-order chi connectivity index (χ1) is 14.4. The lowest BCUT2D eigenvalue weighted by Gasteiger charge is -2.22. The highest BCUT2D eigenvalue weighted by Gasteiger charge is 2.30. The minimum absolute atomic E-state index is 0.100. The van der Waals surface area contributed by atoms with Gasteiger partial charge < -0.3 is 48.5 Å². The predicted molar refractivity (Wildman–Crippen MR) is 106 cm³/mol. The summed E-state index contributed by atoms with van der Waals surface area (Å²) in [4.78, 5) is 62.1. The van der Waals surface area contributed by atoms with Gasteiger partial charge in [-0.15, -0.1) is 0 Å². The second kappa shape index (κ2) is 13.7. The average Bonchev–Trinajstić information content (AvgIpc) is 2.67. The maximum absolute atomic E-state index is 12.3. The minimum atomic E-state index is -1.69. The Morgan fingerprint density at radius 3 is 2.00 bits per heavy atom. The van der Waals surface area contributed by atoms with Crippen molar-refractivity contribution in [2.24, 2.45) is 22.2 Å². The minimum Gasteiger partial charge on any atom is -0.481 e. The molecule has 0 aromatic heterocycles. The second-order valence-electron chi connectivity index (χ2n) is 6.53. The van der Waals surface area contributed by atoms with Crippen LogP contribution in [0.3, 0.4) is 0 Å². The molecule has 0 fully saturated rings. The molecule has 0 heterocycles. The van der Waals surface area contributed by atoms with E-state index >= 15 is 0 Å². The largest absolute Gasteiger partial charge is 0.481 e. The molecular weight excluding hydrogens is 418 g/mol. The Kier molecular flexibility index (Phi) is 12.2. The zero-order valence-electron chi connectivity index (χ0n) is 16.9. The molecule has 3 amide bonds. The number of nitrogens with two attached hydrogens (primary N) is 3. The van der Waals surface area contributed by atoms with Crippen LogP contribution in [0.25, 0.3) is 0 Å². The van der Waals surface area contributed by atoms with Crippen molar-refractivity contribution in [2.75, 3.05) is 13.2 Å². The number of carbonyl (C=O) groups excluding carboxylic acids is 3. The second-order valence-corrected chi connectivity index (χ2v) is 6.53.